The van der Waals surface area contributed by atoms with Gasteiger partial charge in [-0.2, -0.15) is 0 Å². The molecule has 2 rings (SSSR count). The summed E-state index contributed by atoms with van der Waals surface area (Å²) in [5.41, 5.74) is 0.374. The lowest BCUT2D eigenvalue weighted by Crippen LogP contribution is -2.37. The number of hydrogen-bond donors (Lipinski definition) is 2. The van der Waals surface area contributed by atoms with Crippen LogP contribution in [0.4, 0.5) is 5.69 Å². The van der Waals surface area contributed by atoms with Gasteiger partial charge in [-0.15, -0.1) is 6.58 Å². The molecular formula is C15H20N2O4S. The molecule has 1 aliphatic heterocycles. The van der Waals surface area contributed by atoms with E-state index in [0.717, 1.165) is 12.8 Å². The van der Waals surface area contributed by atoms with Gasteiger partial charge in [-0.05, 0) is 31.0 Å². The summed E-state index contributed by atoms with van der Waals surface area (Å²) in [6.45, 7) is 5.65. The zero-order valence-corrected chi connectivity index (χ0v) is 13.3. The van der Waals surface area contributed by atoms with E-state index in [4.69, 9.17) is 4.74 Å². The summed E-state index contributed by atoms with van der Waals surface area (Å²) >= 11 is 0. The van der Waals surface area contributed by atoms with Crippen LogP contribution in [0.25, 0.3) is 0 Å². The van der Waals surface area contributed by atoms with Crippen LogP contribution >= 0.6 is 0 Å². The van der Waals surface area contributed by atoms with Crippen LogP contribution in [0.1, 0.15) is 26.2 Å². The average Bonchev–Trinajstić information content (AvgIpc) is 2.50. The van der Waals surface area contributed by atoms with Gasteiger partial charge in [0.25, 0.3) is 5.91 Å². The molecule has 1 aromatic carbocycles. The van der Waals surface area contributed by atoms with E-state index in [1.54, 1.807) is 6.07 Å². The Labute approximate surface area is 130 Å². The smallest absolute Gasteiger partial charge is 0.265 e. The lowest BCUT2D eigenvalue weighted by molar-refractivity contribution is -0.123. The summed E-state index contributed by atoms with van der Waals surface area (Å²) in [6, 6.07) is 4.42. The SMILES string of the molecule is C=CCNS(=O)(=O)c1ccc2c(c1)NC(=O)[C@@H](CCCC)O2. The fourth-order valence-electron chi connectivity index (χ4n) is 2.13. The summed E-state index contributed by atoms with van der Waals surface area (Å²) in [5, 5.41) is 2.71. The van der Waals surface area contributed by atoms with Gasteiger partial charge in [-0.1, -0.05) is 19.4 Å². The molecule has 0 radical (unpaired) electrons. The molecule has 0 saturated carbocycles. The summed E-state index contributed by atoms with van der Waals surface area (Å²) in [6.07, 6.45) is 3.45. The Morgan fingerprint density at radius 2 is 2.23 bits per heavy atom. The number of anilines is 1. The molecule has 0 fully saturated rings. The number of fused-ring (bicyclic) bond motifs is 1. The van der Waals surface area contributed by atoms with Crippen LogP contribution in [0.15, 0.2) is 35.7 Å². The number of rotatable bonds is 7. The van der Waals surface area contributed by atoms with E-state index in [0.29, 0.717) is 17.9 Å². The average molecular weight is 324 g/mol. The Balaban J connectivity index is 2.21. The molecule has 2 N–H and O–H groups in total. The zero-order valence-electron chi connectivity index (χ0n) is 12.5. The molecule has 0 aliphatic carbocycles. The lowest BCUT2D eigenvalue weighted by atomic mass is 10.1. The number of carbonyl (C=O) groups is 1. The van der Waals surface area contributed by atoms with Crippen molar-refractivity contribution in [1.82, 2.24) is 4.72 Å². The van der Waals surface area contributed by atoms with Crippen molar-refractivity contribution < 1.29 is 17.9 Å². The van der Waals surface area contributed by atoms with E-state index in [9.17, 15) is 13.2 Å². The van der Waals surface area contributed by atoms with Gasteiger partial charge in [0.05, 0.1) is 10.6 Å². The third kappa shape index (κ3) is 3.66. The second kappa shape index (κ2) is 6.93. The highest BCUT2D eigenvalue weighted by Gasteiger charge is 2.28. The van der Waals surface area contributed by atoms with Gasteiger partial charge in [0.15, 0.2) is 6.10 Å². The van der Waals surface area contributed by atoms with Crippen LogP contribution < -0.4 is 14.8 Å². The Bertz CT molecular complexity index is 670. The second-order valence-electron chi connectivity index (χ2n) is 5.04. The van der Waals surface area contributed by atoms with Crippen LogP contribution in [-0.2, 0) is 14.8 Å². The van der Waals surface area contributed by atoms with E-state index in [-0.39, 0.29) is 17.3 Å². The number of ether oxygens (including phenoxy) is 1. The van der Waals surface area contributed by atoms with Crippen molar-refractivity contribution in [3.8, 4) is 5.75 Å². The molecule has 0 unspecified atom stereocenters. The van der Waals surface area contributed by atoms with Crippen LogP contribution in [-0.4, -0.2) is 27.0 Å². The van der Waals surface area contributed by atoms with Crippen molar-refractivity contribution in [3.63, 3.8) is 0 Å². The molecule has 0 aromatic heterocycles. The molecule has 22 heavy (non-hydrogen) atoms. The lowest BCUT2D eigenvalue weighted by Gasteiger charge is -2.26. The van der Waals surface area contributed by atoms with Crippen molar-refractivity contribution in [3.05, 3.63) is 30.9 Å². The Morgan fingerprint density at radius 3 is 2.91 bits per heavy atom. The quantitative estimate of drug-likeness (QED) is 0.752. The first kappa shape index (κ1) is 16.5. The maximum atomic E-state index is 12.1. The van der Waals surface area contributed by atoms with E-state index < -0.39 is 16.1 Å². The summed E-state index contributed by atoms with van der Waals surface area (Å²) in [4.78, 5) is 12.1. The number of unbranched alkanes of at least 4 members (excludes halogenated alkanes) is 1. The first-order valence-electron chi connectivity index (χ1n) is 7.20. The number of nitrogens with one attached hydrogen (secondary N) is 2. The predicted molar refractivity (Wildman–Crippen MR) is 84.4 cm³/mol. The maximum Gasteiger partial charge on any atom is 0.265 e. The molecule has 0 saturated heterocycles. The van der Waals surface area contributed by atoms with Crippen molar-refractivity contribution in [2.45, 2.75) is 37.2 Å². The van der Waals surface area contributed by atoms with Gasteiger partial charge in [0, 0.05) is 6.54 Å². The molecule has 1 heterocycles. The Hall–Kier alpha value is -1.86. The number of hydrogen-bond acceptors (Lipinski definition) is 4. The Morgan fingerprint density at radius 1 is 1.45 bits per heavy atom. The zero-order chi connectivity index (χ0) is 16.2. The van der Waals surface area contributed by atoms with Crippen molar-refractivity contribution in [2.24, 2.45) is 0 Å². The van der Waals surface area contributed by atoms with Gasteiger partial charge in [-0.25, -0.2) is 13.1 Å². The van der Waals surface area contributed by atoms with Crippen molar-refractivity contribution in [1.29, 1.82) is 0 Å². The highest BCUT2D eigenvalue weighted by molar-refractivity contribution is 7.89. The second-order valence-corrected chi connectivity index (χ2v) is 6.80. The number of benzene rings is 1. The molecule has 0 spiro atoms. The Kier molecular flexibility index (Phi) is 5.20. The first-order valence-corrected chi connectivity index (χ1v) is 8.68. The maximum absolute atomic E-state index is 12.1. The third-order valence-corrected chi connectivity index (χ3v) is 4.74. The minimum absolute atomic E-state index is 0.0732. The normalized spacial score (nSPS) is 17.3. The van der Waals surface area contributed by atoms with Gasteiger partial charge >= 0.3 is 0 Å². The fraction of sp³-hybridized carbons (Fsp3) is 0.400. The van der Waals surface area contributed by atoms with Gasteiger partial charge in [0.2, 0.25) is 10.0 Å². The van der Waals surface area contributed by atoms with Gasteiger partial charge in [-0.3, -0.25) is 4.79 Å². The minimum atomic E-state index is -3.63. The van der Waals surface area contributed by atoms with Gasteiger partial charge < -0.3 is 10.1 Å². The minimum Gasteiger partial charge on any atom is -0.478 e. The van der Waals surface area contributed by atoms with Crippen LogP contribution in [0.5, 0.6) is 5.75 Å². The number of carbonyl (C=O) groups excluding carboxylic acids is 1. The highest BCUT2D eigenvalue weighted by atomic mass is 32.2. The van der Waals surface area contributed by atoms with Crippen LogP contribution in [0, 0.1) is 0 Å². The van der Waals surface area contributed by atoms with E-state index >= 15 is 0 Å². The van der Waals surface area contributed by atoms with Crippen molar-refractivity contribution in [2.75, 3.05) is 11.9 Å². The fourth-order valence-corrected chi connectivity index (χ4v) is 3.15. The molecule has 1 aromatic rings. The predicted octanol–water partition coefficient (Wildman–Crippen LogP) is 2.04. The van der Waals surface area contributed by atoms with Crippen LogP contribution in [0.2, 0.25) is 0 Å². The van der Waals surface area contributed by atoms with E-state index in [1.807, 2.05) is 6.92 Å². The van der Waals surface area contributed by atoms with Crippen molar-refractivity contribution >= 4 is 21.6 Å². The number of amides is 1. The molecule has 7 heteroatoms. The topological polar surface area (TPSA) is 84.5 Å². The van der Waals surface area contributed by atoms with Gasteiger partial charge in [0.1, 0.15) is 5.75 Å². The monoisotopic (exact) mass is 324 g/mol. The van der Waals surface area contributed by atoms with E-state index in [2.05, 4.69) is 16.6 Å². The molecule has 1 atom stereocenters. The van der Waals surface area contributed by atoms with Crippen LogP contribution in [0.3, 0.4) is 0 Å². The molecule has 120 valence electrons. The van der Waals surface area contributed by atoms with E-state index in [1.165, 1.54) is 18.2 Å². The first-order chi connectivity index (χ1) is 10.5. The molecular weight excluding hydrogens is 304 g/mol. The molecule has 0 bridgehead atoms. The summed E-state index contributed by atoms with van der Waals surface area (Å²) in [7, 11) is -3.63. The highest BCUT2D eigenvalue weighted by Crippen LogP contribution is 2.32. The summed E-state index contributed by atoms with van der Waals surface area (Å²) < 4.78 is 32.1. The molecule has 1 amide bonds. The summed E-state index contributed by atoms with van der Waals surface area (Å²) in [5.74, 6) is 0.248. The third-order valence-electron chi connectivity index (χ3n) is 3.32. The molecule has 1 aliphatic rings. The molecule has 6 nitrogen and oxygen atoms in total. The number of sulfonamides is 1. The standard InChI is InChI=1S/C15H20N2O4S/c1-3-5-6-14-15(18)17-12-10-11(7-8-13(12)21-14)22(19,20)16-9-4-2/h4,7-8,10,14,16H,2-3,5-6,9H2,1H3,(H,17,18)/t14-/m1/s1. The largest absolute Gasteiger partial charge is 0.478 e.